The van der Waals surface area contributed by atoms with Crippen LogP contribution in [0.25, 0.3) is 22.3 Å². The fourth-order valence-electron chi connectivity index (χ4n) is 5.08. The molecule has 0 radical (unpaired) electrons. The predicted molar refractivity (Wildman–Crippen MR) is 124 cm³/mol. The highest BCUT2D eigenvalue weighted by atomic mass is 35.5. The van der Waals surface area contributed by atoms with Crippen molar-refractivity contribution in [2.45, 2.75) is 31.3 Å². The Morgan fingerprint density at radius 2 is 1.94 bits per heavy atom. The van der Waals surface area contributed by atoms with Gasteiger partial charge in [0, 0.05) is 31.0 Å². The minimum absolute atomic E-state index is 0.0409. The van der Waals surface area contributed by atoms with Crippen LogP contribution in [0, 0.1) is 5.92 Å². The van der Waals surface area contributed by atoms with E-state index in [0.29, 0.717) is 29.4 Å². The molecule has 166 valence electrons. The van der Waals surface area contributed by atoms with E-state index >= 15 is 0 Å². The second-order valence-corrected chi connectivity index (χ2v) is 8.90. The summed E-state index contributed by atoms with van der Waals surface area (Å²) < 4.78 is 5.89. The van der Waals surface area contributed by atoms with Crippen LogP contribution in [0.2, 0.25) is 5.02 Å². The molecule has 2 saturated heterocycles. The number of aromatic nitrogens is 2. The number of rotatable bonds is 4. The molecule has 3 aromatic rings. The van der Waals surface area contributed by atoms with Gasteiger partial charge in [-0.15, -0.1) is 0 Å². The molecular formula is C24H25ClN4O3. The summed E-state index contributed by atoms with van der Waals surface area (Å²) in [6.07, 6.45) is 3.13. The first-order valence-corrected chi connectivity index (χ1v) is 11.3. The van der Waals surface area contributed by atoms with Crippen LogP contribution in [-0.2, 0) is 9.53 Å². The molecule has 3 heterocycles. The summed E-state index contributed by atoms with van der Waals surface area (Å²) in [5.74, 6) is 0.969. The van der Waals surface area contributed by atoms with Gasteiger partial charge in [0.25, 0.3) is 0 Å². The van der Waals surface area contributed by atoms with Crippen molar-refractivity contribution in [3.05, 3.63) is 47.5 Å². The quantitative estimate of drug-likeness (QED) is 0.622. The molecule has 1 amide bonds. The average molecular weight is 453 g/mol. The third kappa shape index (κ3) is 3.45. The third-order valence-corrected chi connectivity index (χ3v) is 7.04. The molecule has 2 aromatic carbocycles. The van der Waals surface area contributed by atoms with E-state index in [-0.39, 0.29) is 17.6 Å². The van der Waals surface area contributed by atoms with Crippen molar-refractivity contribution in [1.82, 2.24) is 9.97 Å². The maximum Gasteiger partial charge on any atom is 0.249 e. The van der Waals surface area contributed by atoms with E-state index < -0.39 is 5.60 Å². The molecule has 2 fully saturated rings. The number of primary amides is 1. The van der Waals surface area contributed by atoms with Gasteiger partial charge in [0.15, 0.2) is 5.82 Å². The van der Waals surface area contributed by atoms with Crippen LogP contribution in [0.4, 0.5) is 5.82 Å². The Morgan fingerprint density at radius 3 is 2.62 bits per heavy atom. The Balaban J connectivity index is 1.50. The lowest BCUT2D eigenvalue weighted by molar-refractivity contribution is -0.145. The highest BCUT2D eigenvalue weighted by Gasteiger charge is 2.48. The van der Waals surface area contributed by atoms with Crippen LogP contribution >= 0.6 is 11.6 Å². The predicted octanol–water partition coefficient (Wildman–Crippen LogP) is 3.91. The topological polar surface area (TPSA) is 102 Å². The first kappa shape index (κ1) is 21.0. The van der Waals surface area contributed by atoms with Gasteiger partial charge < -0.3 is 20.5 Å². The number of nitrogens with zero attached hydrogens (tertiary/aromatic N) is 3. The van der Waals surface area contributed by atoms with Gasteiger partial charge in [-0.2, -0.15) is 0 Å². The average Bonchev–Trinajstić information content (AvgIpc) is 3.30. The second kappa shape index (κ2) is 8.22. The third-order valence-electron chi connectivity index (χ3n) is 6.72. The number of para-hydroxylation sites is 1. The lowest BCUT2D eigenvalue weighted by Gasteiger charge is -2.40. The summed E-state index contributed by atoms with van der Waals surface area (Å²) in [5, 5.41) is 11.7. The highest BCUT2D eigenvalue weighted by molar-refractivity contribution is 6.33. The Hall–Kier alpha value is -2.90. The summed E-state index contributed by atoms with van der Waals surface area (Å²) in [4.78, 5) is 24.0. The van der Waals surface area contributed by atoms with Crippen LogP contribution in [-0.4, -0.2) is 46.3 Å². The van der Waals surface area contributed by atoms with Gasteiger partial charge in [0.1, 0.15) is 17.2 Å². The second-order valence-electron chi connectivity index (χ2n) is 8.49. The van der Waals surface area contributed by atoms with Crippen molar-refractivity contribution in [3.8, 4) is 17.1 Å². The summed E-state index contributed by atoms with van der Waals surface area (Å²) in [6.45, 7) is 2.03. The molecule has 8 heteroatoms. The largest absolute Gasteiger partial charge is 0.507 e. The summed E-state index contributed by atoms with van der Waals surface area (Å²) in [5.41, 5.74) is 6.12. The summed E-state index contributed by atoms with van der Waals surface area (Å²) in [7, 11) is 0. The molecule has 1 unspecified atom stereocenters. The van der Waals surface area contributed by atoms with E-state index in [2.05, 4.69) is 9.88 Å². The van der Waals surface area contributed by atoms with E-state index in [1.165, 1.54) is 0 Å². The number of amides is 1. The first-order chi connectivity index (χ1) is 15.5. The number of aromatic hydroxyl groups is 1. The number of phenols is 1. The molecular weight excluding hydrogens is 428 g/mol. The van der Waals surface area contributed by atoms with Crippen LogP contribution in [0.5, 0.6) is 5.75 Å². The van der Waals surface area contributed by atoms with Crippen molar-refractivity contribution in [3.63, 3.8) is 0 Å². The van der Waals surface area contributed by atoms with Crippen LogP contribution in [0.1, 0.15) is 25.7 Å². The molecule has 0 bridgehead atoms. The minimum Gasteiger partial charge on any atom is -0.507 e. The van der Waals surface area contributed by atoms with Gasteiger partial charge in [-0.05, 0) is 49.9 Å². The summed E-state index contributed by atoms with van der Waals surface area (Å²) in [6, 6.07) is 12.8. The van der Waals surface area contributed by atoms with Gasteiger partial charge in [0.2, 0.25) is 5.91 Å². The molecule has 1 atom stereocenters. The van der Waals surface area contributed by atoms with Crippen molar-refractivity contribution in [2.75, 3.05) is 24.6 Å². The molecule has 5 rings (SSSR count). The zero-order valence-electron chi connectivity index (χ0n) is 17.6. The number of carbonyl (C=O) groups excluding carboxylic acids is 1. The maximum atomic E-state index is 12.2. The number of carbonyl (C=O) groups is 1. The lowest BCUT2D eigenvalue weighted by atomic mass is 9.78. The van der Waals surface area contributed by atoms with Crippen LogP contribution in [0.15, 0.2) is 42.5 Å². The Labute approximate surface area is 191 Å². The molecule has 0 aliphatic carbocycles. The number of halogens is 1. The number of hydrogen-bond acceptors (Lipinski definition) is 6. The molecule has 2 aliphatic heterocycles. The van der Waals surface area contributed by atoms with E-state index in [9.17, 15) is 9.90 Å². The number of nitrogens with two attached hydrogens (primary N) is 1. The standard InChI is InChI=1S/C24H25ClN4O3/c25-17-6-3-8-19(30)20(17)21-27-18-7-2-1-5-16(18)22(28-21)29-12-9-15(10-13-29)24(23(26)31)11-4-14-32-24/h1-3,5-8,15,30H,4,9-14H2,(H2,26,31). The number of ether oxygens (including phenoxy) is 1. The number of phenolic OH excluding ortho intramolecular Hbond substituents is 1. The van der Waals surface area contributed by atoms with Crippen molar-refractivity contribution in [2.24, 2.45) is 11.7 Å². The smallest absolute Gasteiger partial charge is 0.249 e. The SMILES string of the molecule is NC(=O)C1(C2CCN(c3nc(-c4c(O)cccc4Cl)nc4ccccc34)CC2)CCCO1. The normalized spacial score (nSPS) is 21.8. The van der Waals surface area contributed by atoms with Crippen molar-refractivity contribution in [1.29, 1.82) is 0 Å². The molecule has 0 spiro atoms. The van der Waals surface area contributed by atoms with Gasteiger partial charge in [-0.3, -0.25) is 4.79 Å². The van der Waals surface area contributed by atoms with E-state index in [4.69, 9.17) is 27.1 Å². The fourth-order valence-corrected chi connectivity index (χ4v) is 5.34. The number of benzene rings is 2. The Bertz CT molecular complexity index is 1150. The Morgan fingerprint density at radius 1 is 1.16 bits per heavy atom. The lowest BCUT2D eigenvalue weighted by Crippen LogP contribution is -2.53. The molecule has 2 aliphatic rings. The zero-order chi connectivity index (χ0) is 22.3. The van der Waals surface area contributed by atoms with Gasteiger partial charge in [-0.25, -0.2) is 9.97 Å². The first-order valence-electron chi connectivity index (χ1n) is 10.9. The van der Waals surface area contributed by atoms with Gasteiger partial charge in [0.05, 0.1) is 16.1 Å². The highest BCUT2D eigenvalue weighted by Crippen LogP contribution is 2.41. The van der Waals surface area contributed by atoms with Crippen molar-refractivity contribution < 1.29 is 14.6 Å². The van der Waals surface area contributed by atoms with Gasteiger partial charge in [-0.1, -0.05) is 29.8 Å². The fraction of sp³-hybridized carbons (Fsp3) is 0.375. The summed E-state index contributed by atoms with van der Waals surface area (Å²) >= 11 is 6.38. The van der Waals surface area contributed by atoms with Crippen LogP contribution < -0.4 is 10.6 Å². The molecule has 1 aromatic heterocycles. The zero-order valence-corrected chi connectivity index (χ0v) is 18.4. The minimum atomic E-state index is -0.839. The number of fused-ring (bicyclic) bond motifs is 1. The number of hydrogen-bond donors (Lipinski definition) is 2. The number of piperidine rings is 1. The van der Waals surface area contributed by atoms with E-state index in [0.717, 1.165) is 49.1 Å². The van der Waals surface area contributed by atoms with E-state index in [1.54, 1.807) is 18.2 Å². The van der Waals surface area contributed by atoms with Crippen LogP contribution in [0.3, 0.4) is 0 Å². The van der Waals surface area contributed by atoms with E-state index in [1.807, 2.05) is 24.3 Å². The monoisotopic (exact) mass is 452 g/mol. The molecule has 0 saturated carbocycles. The number of anilines is 1. The molecule has 7 nitrogen and oxygen atoms in total. The maximum absolute atomic E-state index is 12.2. The molecule has 3 N–H and O–H groups in total. The van der Waals surface area contributed by atoms with Gasteiger partial charge >= 0.3 is 0 Å². The molecule has 32 heavy (non-hydrogen) atoms. The van der Waals surface area contributed by atoms with Crippen molar-refractivity contribution >= 4 is 34.2 Å². The Kier molecular flexibility index (Phi) is 5.39.